The number of nitrogens with one attached hydrogen (secondary N) is 1. The number of aromatic amines is 1. The Balaban J connectivity index is 1.68. The van der Waals surface area contributed by atoms with Gasteiger partial charge in [0.2, 0.25) is 5.89 Å². The molecule has 3 heterocycles. The molecule has 1 aliphatic rings. The summed E-state index contributed by atoms with van der Waals surface area (Å²) in [6, 6.07) is 6.12. The van der Waals surface area contributed by atoms with Gasteiger partial charge in [0.25, 0.3) is 0 Å². The molecule has 1 N–H and O–H groups in total. The summed E-state index contributed by atoms with van der Waals surface area (Å²) in [6.07, 6.45) is 0.985. The number of hydrogen-bond acceptors (Lipinski definition) is 4. The smallest absolute Gasteiger partial charge is 0.243 e. The maximum absolute atomic E-state index is 6.15. The van der Waals surface area contributed by atoms with E-state index in [4.69, 9.17) is 16.1 Å². The number of H-pyrrole nitrogens is 1. The number of benzene rings is 1. The van der Waals surface area contributed by atoms with Crippen molar-refractivity contribution in [3.05, 3.63) is 46.2 Å². The fraction of sp³-hybridized carbons (Fsp3) is 0.375. The van der Waals surface area contributed by atoms with Gasteiger partial charge in [-0.05, 0) is 37.6 Å². The van der Waals surface area contributed by atoms with Crippen LogP contribution in [0.2, 0.25) is 5.02 Å². The highest BCUT2D eigenvalue weighted by atomic mass is 35.5. The Hall–Kier alpha value is -1.85. The van der Waals surface area contributed by atoms with Crippen molar-refractivity contribution >= 4 is 22.5 Å². The summed E-state index contributed by atoms with van der Waals surface area (Å²) in [5.41, 5.74) is 3.78. The largest absolute Gasteiger partial charge is 0.358 e. The lowest BCUT2D eigenvalue weighted by Gasteiger charge is -2.30. The molecule has 0 fully saturated rings. The van der Waals surface area contributed by atoms with Gasteiger partial charge in [0.15, 0.2) is 5.82 Å². The third kappa shape index (κ3) is 2.21. The van der Waals surface area contributed by atoms with Gasteiger partial charge in [0.05, 0.1) is 6.04 Å². The molecular weight excluding hydrogens is 300 g/mol. The molecule has 1 aromatic carbocycles. The quantitative estimate of drug-likeness (QED) is 0.784. The van der Waals surface area contributed by atoms with Crippen molar-refractivity contribution in [3.8, 4) is 0 Å². The van der Waals surface area contributed by atoms with E-state index < -0.39 is 0 Å². The van der Waals surface area contributed by atoms with E-state index in [9.17, 15) is 0 Å². The van der Waals surface area contributed by atoms with E-state index in [0.29, 0.717) is 11.7 Å². The second-order valence-electron chi connectivity index (χ2n) is 5.85. The molecule has 0 spiro atoms. The van der Waals surface area contributed by atoms with E-state index >= 15 is 0 Å². The molecule has 1 atom stereocenters. The van der Waals surface area contributed by atoms with Gasteiger partial charge >= 0.3 is 0 Å². The van der Waals surface area contributed by atoms with Gasteiger partial charge in [-0.15, -0.1) is 0 Å². The number of nitrogens with zero attached hydrogens (tertiary/aromatic N) is 3. The number of rotatable bonds is 2. The van der Waals surface area contributed by atoms with Crippen molar-refractivity contribution < 1.29 is 4.52 Å². The molecule has 0 saturated heterocycles. The van der Waals surface area contributed by atoms with E-state index in [1.165, 1.54) is 16.6 Å². The van der Waals surface area contributed by atoms with Crippen LogP contribution >= 0.6 is 11.6 Å². The van der Waals surface area contributed by atoms with Crippen molar-refractivity contribution in [2.45, 2.75) is 32.9 Å². The van der Waals surface area contributed by atoms with E-state index in [2.05, 4.69) is 26.9 Å². The maximum atomic E-state index is 6.15. The van der Waals surface area contributed by atoms with Crippen LogP contribution in [0, 0.1) is 6.92 Å². The average Bonchev–Trinajstić information content (AvgIpc) is 3.09. The molecule has 0 unspecified atom stereocenters. The molecule has 0 aliphatic carbocycles. The van der Waals surface area contributed by atoms with Crippen molar-refractivity contribution in [1.29, 1.82) is 0 Å². The van der Waals surface area contributed by atoms with Crippen molar-refractivity contribution in [3.63, 3.8) is 0 Å². The molecule has 0 saturated carbocycles. The van der Waals surface area contributed by atoms with Gasteiger partial charge in [-0.3, -0.25) is 4.90 Å². The van der Waals surface area contributed by atoms with Gasteiger partial charge in [0.1, 0.15) is 0 Å². The number of aryl methyl sites for hydroxylation is 1. The molecule has 0 radical (unpaired) electrons. The fourth-order valence-electron chi connectivity index (χ4n) is 3.18. The summed E-state index contributed by atoms with van der Waals surface area (Å²) in [4.78, 5) is 10.2. The van der Waals surface area contributed by atoms with Gasteiger partial charge < -0.3 is 9.51 Å². The predicted molar refractivity (Wildman–Crippen MR) is 84.9 cm³/mol. The first-order chi connectivity index (χ1) is 10.6. The van der Waals surface area contributed by atoms with E-state index in [1.54, 1.807) is 0 Å². The summed E-state index contributed by atoms with van der Waals surface area (Å²) in [7, 11) is 0. The monoisotopic (exact) mass is 316 g/mol. The van der Waals surface area contributed by atoms with Crippen LogP contribution in [-0.2, 0) is 13.0 Å². The highest BCUT2D eigenvalue weighted by Crippen LogP contribution is 2.32. The Morgan fingerprint density at radius 1 is 1.41 bits per heavy atom. The first kappa shape index (κ1) is 13.8. The summed E-state index contributed by atoms with van der Waals surface area (Å²) in [5.74, 6) is 1.36. The number of aromatic nitrogens is 3. The molecule has 3 aromatic rings. The second kappa shape index (κ2) is 5.11. The Kier molecular flexibility index (Phi) is 3.20. The molecule has 6 heteroatoms. The van der Waals surface area contributed by atoms with Crippen LogP contribution in [0.4, 0.5) is 0 Å². The lowest BCUT2D eigenvalue weighted by Crippen LogP contribution is -2.32. The normalized spacial score (nSPS) is 16.9. The number of fused-ring (bicyclic) bond motifs is 3. The molecule has 22 heavy (non-hydrogen) atoms. The van der Waals surface area contributed by atoms with Crippen molar-refractivity contribution in [2.75, 3.05) is 6.54 Å². The minimum Gasteiger partial charge on any atom is -0.358 e. The van der Waals surface area contributed by atoms with Crippen LogP contribution in [0.5, 0.6) is 0 Å². The number of halogens is 1. The van der Waals surface area contributed by atoms with Crippen LogP contribution in [0.3, 0.4) is 0 Å². The van der Waals surface area contributed by atoms with Gasteiger partial charge in [-0.1, -0.05) is 16.8 Å². The minimum absolute atomic E-state index is 0.110. The molecule has 5 nitrogen and oxygen atoms in total. The number of hydrogen-bond donors (Lipinski definition) is 1. The van der Waals surface area contributed by atoms with E-state index in [-0.39, 0.29) is 6.04 Å². The predicted octanol–water partition coefficient (Wildman–Crippen LogP) is 3.63. The minimum atomic E-state index is 0.110. The molecule has 1 aliphatic heterocycles. The molecule has 114 valence electrons. The third-order valence-electron chi connectivity index (χ3n) is 4.42. The van der Waals surface area contributed by atoms with Gasteiger partial charge in [-0.25, -0.2) is 0 Å². The molecule has 0 amide bonds. The first-order valence-electron chi connectivity index (χ1n) is 7.45. The van der Waals surface area contributed by atoms with E-state index in [0.717, 1.165) is 30.0 Å². The zero-order valence-corrected chi connectivity index (χ0v) is 13.3. The average molecular weight is 317 g/mol. The zero-order chi connectivity index (χ0) is 15.3. The Labute approximate surface area is 133 Å². The van der Waals surface area contributed by atoms with E-state index in [1.807, 2.05) is 25.1 Å². The summed E-state index contributed by atoms with van der Waals surface area (Å²) in [6.45, 7) is 5.78. The molecule has 4 rings (SSSR count). The summed E-state index contributed by atoms with van der Waals surface area (Å²) < 4.78 is 5.32. The summed E-state index contributed by atoms with van der Waals surface area (Å²) >= 11 is 6.15. The second-order valence-corrected chi connectivity index (χ2v) is 6.28. The Morgan fingerprint density at radius 3 is 3.05 bits per heavy atom. The standard InChI is InChI=1S/C16H17ClN4O/c1-9(16-18-10(2)20-22-16)21-6-5-15-13(8-21)12-7-11(17)3-4-14(12)19-15/h3-4,7,9,19H,5-6,8H2,1-2H3/t9-/m1/s1. The lowest BCUT2D eigenvalue weighted by molar-refractivity contribution is 0.158. The Bertz CT molecular complexity index is 838. The van der Waals surface area contributed by atoms with Crippen molar-refractivity contribution in [2.24, 2.45) is 0 Å². The van der Waals surface area contributed by atoms with Crippen LogP contribution < -0.4 is 0 Å². The van der Waals surface area contributed by atoms with Crippen LogP contribution in [0.1, 0.15) is 35.9 Å². The maximum Gasteiger partial charge on any atom is 0.243 e. The molecular formula is C16H17ClN4O. The van der Waals surface area contributed by atoms with Gasteiger partial charge in [-0.2, -0.15) is 4.98 Å². The van der Waals surface area contributed by atoms with Crippen molar-refractivity contribution in [1.82, 2.24) is 20.0 Å². The summed E-state index contributed by atoms with van der Waals surface area (Å²) in [5, 5.41) is 5.87. The Morgan fingerprint density at radius 2 is 2.27 bits per heavy atom. The lowest BCUT2D eigenvalue weighted by atomic mass is 10.0. The highest BCUT2D eigenvalue weighted by Gasteiger charge is 2.27. The third-order valence-corrected chi connectivity index (χ3v) is 4.65. The zero-order valence-electron chi connectivity index (χ0n) is 12.6. The fourth-order valence-corrected chi connectivity index (χ4v) is 3.35. The molecule has 0 bridgehead atoms. The highest BCUT2D eigenvalue weighted by molar-refractivity contribution is 6.31. The van der Waals surface area contributed by atoms with Crippen LogP contribution in [0.15, 0.2) is 22.7 Å². The first-order valence-corrected chi connectivity index (χ1v) is 7.83. The topological polar surface area (TPSA) is 58.0 Å². The van der Waals surface area contributed by atoms with Crippen LogP contribution in [0.25, 0.3) is 10.9 Å². The van der Waals surface area contributed by atoms with Crippen LogP contribution in [-0.4, -0.2) is 26.6 Å². The van der Waals surface area contributed by atoms with Gasteiger partial charge in [0, 0.05) is 41.1 Å². The SMILES string of the molecule is Cc1noc([C@@H](C)N2CCc3[nH]c4ccc(Cl)cc4c3C2)n1. The molecule has 2 aromatic heterocycles.